The molecule has 3 aromatic rings. The second-order valence-corrected chi connectivity index (χ2v) is 4.49. The summed E-state index contributed by atoms with van der Waals surface area (Å²) in [5, 5.41) is 3.88. The van der Waals surface area contributed by atoms with Gasteiger partial charge in [0.2, 0.25) is 0 Å². The third-order valence-electron chi connectivity index (χ3n) is 3.17. The van der Waals surface area contributed by atoms with E-state index in [9.17, 15) is 4.79 Å². The van der Waals surface area contributed by atoms with Crippen molar-refractivity contribution >= 4 is 22.5 Å². The number of anilines is 1. The number of aromatic nitrogens is 1. The van der Waals surface area contributed by atoms with E-state index in [1.165, 1.54) is 0 Å². The molecule has 3 heteroatoms. The average molecular weight is 250 g/mol. The Bertz CT molecular complexity index is 729. The quantitative estimate of drug-likeness (QED) is 0.742. The molecule has 0 fully saturated rings. The van der Waals surface area contributed by atoms with E-state index in [2.05, 4.69) is 5.32 Å². The van der Waals surface area contributed by atoms with E-state index >= 15 is 0 Å². The van der Waals surface area contributed by atoms with Crippen LogP contribution in [0.4, 0.5) is 5.69 Å². The van der Waals surface area contributed by atoms with Crippen LogP contribution in [0.5, 0.6) is 0 Å². The van der Waals surface area contributed by atoms with Crippen LogP contribution >= 0.6 is 0 Å². The first-order valence-corrected chi connectivity index (χ1v) is 6.16. The molecule has 0 saturated heterocycles. The predicted octanol–water partition coefficient (Wildman–Crippen LogP) is 3.43. The number of nitrogens with zero attached hydrogens (tertiary/aromatic N) is 1. The molecule has 2 aromatic carbocycles. The Morgan fingerprint density at radius 2 is 1.68 bits per heavy atom. The van der Waals surface area contributed by atoms with E-state index in [4.69, 9.17) is 0 Å². The third kappa shape index (κ3) is 2.10. The van der Waals surface area contributed by atoms with Crippen molar-refractivity contribution < 1.29 is 4.79 Å². The second kappa shape index (κ2) is 4.61. The lowest BCUT2D eigenvalue weighted by molar-refractivity contribution is 0.102. The first kappa shape index (κ1) is 11.5. The number of para-hydroxylation sites is 2. The molecule has 0 unspecified atom stereocenters. The molecular weight excluding hydrogens is 236 g/mol. The predicted molar refractivity (Wildman–Crippen MR) is 77.3 cm³/mol. The molecule has 0 aliphatic carbocycles. The van der Waals surface area contributed by atoms with Crippen molar-refractivity contribution in [1.29, 1.82) is 0 Å². The van der Waals surface area contributed by atoms with Gasteiger partial charge in [-0.1, -0.05) is 36.4 Å². The van der Waals surface area contributed by atoms with Crippen LogP contribution in [0.3, 0.4) is 0 Å². The van der Waals surface area contributed by atoms with Crippen molar-refractivity contribution in [1.82, 2.24) is 4.57 Å². The number of carbonyl (C=O) groups is 1. The molecule has 1 N–H and O–H groups in total. The summed E-state index contributed by atoms with van der Waals surface area (Å²) < 4.78 is 1.97. The molecule has 0 radical (unpaired) electrons. The Balaban J connectivity index is 1.98. The summed E-state index contributed by atoms with van der Waals surface area (Å²) in [6.45, 7) is 0. The number of hydrogen-bond acceptors (Lipinski definition) is 1. The molecule has 19 heavy (non-hydrogen) atoms. The fraction of sp³-hybridized carbons (Fsp3) is 0.0625. The minimum absolute atomic E-state index is 0.0806. The molecule has 1 aromatic heterocycles. The van der Waals surface area contributed by atoms with Crippen molar-refractivity contribution in [2.75, 3.05) is 5.32 Å². The van der Waals surface area contributed by atoms with Gasteiger partial charge in [-0.25, -0.2) is 0 Å². The lowest BCUT2D eigenvalue weighted by Crippen LogP contribution is -2.11. The van der Waals surface area contributed by atoms with Crippen molar-refractivity contribution in [3.05, 3.63) is 66.4 Å². The van der Waals surface area contributed by atoms with Crippen LogP contribution in [0.2, 0.25) is 0 Å². The van der Waals surface area contributed by atoms with Crippen LogP contribution in [0.25, 0.3) is 10.9 Å². The maximum Gasteiger partial charge on any atom is 0.257 e. The Labute approximate surface area is 111 Å². The van der Waals surface area contributed by atoms with Gasteiger partial charge in [0.15, 0.2) is 0 Å². The van der Waals surface area contributed by atoms with Gasteiger partial charge in [0, 0.05) is 29.8 Å². The lowest BCUT2D eigenvalue weighted by atomic mass is 10.1. The summed E-state index contributed by atoms with van der Waals surface area (Å²) in [6, 6.07) is 17.4. The monoisotopic (exact) mass is 250 g/mol. The number of aryl methyl sites for hydroxylation is 1. The summed E-state index contributed by atoms with van der Waals surface area (Å²) in [6.07, 6.45) is 1.86. The number of benzene rings is 2. The summed E-state index contributed by atoms with van der Waals surface area (Å²) in [4.78, 5) is 12.3. The molecule has 0 atom stereocenters. The zero-order chi connectivity index (χ0) is 13.2. The smallest absolute Gasteiger partial charge is 0.257 e. The van der Waals surface area contributed by atoms with Gasteiger partial charge in [0.25, 0.3) is 5.91 Å². The maximum absolute atomic E-state index is 12.3. The summed E-state index contributed by atoms with van der Waals surface area (Å²) in [5.41, 5.74) is 2.56. The Morgan fingerprint density at radius 1 is 1.00 bits per heavy atom. The fourth-order valence-electron chi connectivity index (χ4n) is 2.24. The molecule has 0 bridgehead atoms. The van der Waals surface area contributed by atoms with E-state index in [1.54, 1.807) is 0 Å². The third-order valence-corrected chi connectivity index (χ3v) is 3.17. The molecular formula is C16H14N2O. The first-order chi connectivity index (χ1) is 9.25. The highest BCUT2D eigenvalue weighted by atomic mass is 16.1. The number of carbonyl (C=O) groups excluding carboxylic acids is 1. The minimum atomic E-state index is -0.0806. The minimum Gasteiger partial charge on any atom is -0.350 e. The molecule has 1 amide bonds. The Hall–Kier alpha value is -2.55. The highest BCUT2D eigenvalue weighted by molar-refractivity contribution is 6.12. The Kier molecular flexibility index (Phi) is 2.80. The molecule has 0 spiro atoms. The molecule has 3 rings (SSSR count). The van der Waals surface area contributed by atoms with E-state index in [0.717, 1.165) is 16.6 Å². The van der Waals surface area contributed by atoms with Gasteiger partial charge in [-0.2, -0.15) is 0 Å². The number of rotatable bonds is 2. The van der Waals surface area contributed by atoms with Gasteiger partial charge in [-0.15, -0.1) is 0 Å². The van der Waals surface area contributed by atoms with E-state index in [-0.39, 0.29) is 5.91 Å². The number of fused-ring (bicyclic) bond motifs is 1. The largest absolute Gasteiger partial charge is 0.350 e. The number of hydrogen-bond donors (Lipinski definition) is 1. The summed E-state index contributed by atoms with van der Waals surface area (Å²) in [7, 11) is 1.95. The molecule has 0 saturated carbocycles. The van der Waals surface area contributed by atoms with E-state index in [1.807, 2.05) is 72.4 Å². The van der Waals surface area contributed by atoms with Crippen molar-refractivity contribution in [3.63, 3.8) is 0 Å². The van der Waals surface area contributed by atoms with Crippen molar-refractivity contribution in [2.24, 2.45) is 7.05 Å². The van der Waals surface area contributed by atoms with Gasteiger partial charge in [0.05, 0.1) is 5.56 Å². The normalized spacial score (nSPS) is 10.6. The average Bonchev–Trinajstić information content (AvgIpc) is 2.78. The van der Waals surface area contributed by atoms with Gasteiger partial charge in [0.1, 0.15) is 0 Å². The fourth-order valence-corrected chi connectivity index (χ4v) is 2.24. The number of nitrogens with one attached hydrogen (secondary N) is 1. The van der Waals surface area contributed by atoms with Crippen LogP contribution in [0.15, 0.2) is 60.8 Å². The van der Waals surface area contributed by atoms with Gasteiger partial charge >= 0.3 is 0 Å². The Morgan fingerprint density at radius 3 is 2.47 bits per heavy atom. The summed E-state index contributed by atoms with van der Waals surface area (Å²) in [5.74, 6) is -0.0806. The molecule has 1 heterocycles. The standard InChI is InChI=1S/C16H14N2O/c1-18-11-14(13-9-5-6-10-15(13)18)16(19)17-12-7-3-2-4-8-12/h2-11H,1H3,(H,17,19). The highest BCUT2D eigenvalue weighted by Crippen LogP contribution is 2.21. The second-order valence-electron chi connectivity index (χ2n) is 4.49. The van der Waals surface area contributed by atoms with Gasteiger partial charge in [-0.3, -0.25) is 4.79 Å². The maximum atomic E-state index is 12.3. The van der Waals surface area contributed by atoms with Crippen LogP contribution in [-0.4, -0.2) is 10.5 Å². The molecule has 94 valence electrons. The van der Waals surface area contributed by atoms with Crippen LogP contribution in [0, 0.1) is 0 Å². The highest BCUT2D eigenvalue weighted by Gasteiger charge is 2.13. The number of amides is 1. The topological polar surface area (TPSA) is 34.0 Å². The van der Waals surface area contributed by atoms with Crippen molar-refractivity contribution in [3.8, 4) is 0 Å². The summed E-state index contributed by atoms with van der Waals surface area (Å²) >= 11 is 0. The van der Waals surface area contributed by atoms with Crippen LogP contribution < -0.4 is 5.32 Å². The zero-order valence-corrected chi connectivity index (χ0v) is 10.6. The van der Waals surface area contributed by atoms with E-state index in [0.29, 0.717) is 5.56 Å². The van der Waals surface area contributed by atoms with Crippen LogP contribution in [0.1, 0.15) is 10.4 Å². The molecule has 3 nitrogen and oxygen atoms in total. The first-order valence-electron chi connectivity index (χ1n) is 6.16. The van der Waals surface area contributed by atoms with Gasteiger partial charge in [-0.05, 0) is 18.2 Å². The van der Waals surface area contributed by atoms with Crippen molar-refractivity contribution in [2.45, 2.75) is 0 Å². The molecule has 0 aliphatic rings. The zero-order valence-electron chi connectivity index (χ0n) is 10.6. The van der Waals surface area contributed by atoms with Crippen LogP contribution in [-0.2, 0) is 7.05 Å². The van der Waals surface area contributed by atoms with E-state index < -0.39 is 0 Å². The van der Waals surface area contributed by atoms with Gasteiger partial charge < -0.3 is 9.88 Å². The SMILES string of the molecule is Cn1cc(C(=O)Nc2ccccc2)c2ccccc21. The lowest BCUT2D eigenvalue weighted by Gasteiger charge is -2.03. The molecule has 0 aliphatic heterocycles.